The highest BCUT2D eigenvalue weighted by atomic mass is 19.1. The summed E-state index contributed by atoms with van der Waals surface area (Å²) in [6.45, 7) is 0.487. The predicted molar refractivity (Wildman–Crippen MR) is 103 cm³/mol. The fraction of sp³-hybridized carbons (Fsp3) is 0.250. The Morgan fingerprint density at radius 2 is 2.11 bits per heavy atom. The summed E-state index contributed by atoms with van der Waals surface area (Å²) in [6, 6.07) is 3.39. The number of rotatable bonds is 6. The number of carbonyl (C=O) groups is 3. The Balaban J connectivity index is 1.63. The number of aromatic nitrogens is 1. The number of anilines is 1. The van der Waals surface area contributed by atoms with E-state index in [1.54, 1.807) is 23.2 Å². The van der Waals surface area contributed by atoms with Crippen molar-refractivity contribution in [3.8, 4) is 0 Å². The minimum absolute atomic E-state index is 0.0440. The normalized spacial score (nSPS) is 16.8. The molecule has 8 heteroatoms. The van der Waals surface area contributed by atoms with Crippen molar-refractivity contribution in [3.63, 3.8) is 0 Å². The van der Waals surface area contributed by atoms with Gasteiger partial charge in [0, 0.05) is 30.1 Å². The van der Waals surface area contributed by atoms with Gasteiger partial charge in [0.25, 0.3) is 0 Å². The van der Waals surface area contributed by atoms with E-state index in [0.717, 1.165) is 11.1 Å². The highest BCUT2D eigenvalue weighted by Gasteiger charge is 2.21. The van der Waals surface area contributed by atoms with Crippen molar-refractivity contribution < 1.29 is 18.8 Å². The van der Waals surface area contributed by atoms with E-state index < -0.39 is 5.95 Å². The number of amides is 1. The molecule has 2 aliphatic rings. The molecule has 1 amide bonds. The summed E-state index contributed by atoms with van der Waals surface area (Å²) in [4.78, 5) is 44.1. The van der Waals surface area contributed by atoms with Crippen LogP contribution in [0, 0.1) is 0 Å². The van der Waals surface area contributed by atoms with Gasteiger partial charge in [0.2, 0.25) is 11.9 Å². The summed E-state index contributed by atoms with van der Waals surface area (Å²) in [5.41, 5.74) is 2.17. The van der Waals surface area contributed by atoms with Gasteiger partial charge < -0.3 is 10.2 Å². The maximum atomic E-state index is 13.2. The number of pyridine rings is 1. The Kier molecular flexibility index (Phi) is 6.21. The molecule has 28 heavy (non-hydrogen) atoms. The summed E-state index contributed by atoms with van der Waals surface area (Å²) in [7, 11) is 0. The van der Waals surface area contributed by atoms with Crippen LogP contribution in [0.2, 0.25) is 0 Å². The van der Waals surface area contributed by atoms with Gasteiger partial charge in [-0.3, -0.25) is 14.4 Å². The lowest BCUT2D eigenvalue weighted by molar-refractivity contribution is -0.117. The lowest BCUT2D eigenvalue weighted by Gasteiger charge is -2.28. The highest BCUT2D eigenvalue weighted by Crippen LogP contribution is 2.20. The average Bonchev–Trinajstić information content (AvgIpc) is 2.92. The molecular weight excluding hydrogens is 363 g/mol. The van der Waals surface area contributed by atoms with Gasteiger partial charge in [-0.05, 0) is 43.0 Å². The fourth-order valence-electron chi connectivity index (χ4n) is 3.05. The van der Waals surface area contributed by atoms with Gasteiger partial charge >= 0.3 is 0 Å². The monoisotopic (exact) mass is 382 g/mol. The molecule has 0 atom stereocenters. The molecule has 0 fully saturated rings. The molecule has 3 heterocycles. The molecule has 0 saturated heterocycles. The van der Waals surface area contributed by atoms with Gasteiger partial charge in [-0.1, -0.05) is 6.08 Å². The molecule has 1 aromatic rings. The number of hydrogen-bond acceptors (Lipinski definition) is 6. The second-order valence-corrected chi connectivity index (χ2v) is 6.33. The number of hydrogen-bond donors (Lipinski definition) is 1. The molecule has 0 spiro atoms. The zero-order valence-corrected chi connectivity index (χ0v) is 15.1. The van der Waals surface area contributed by atoms with E-state index in [-0.39, 0.29) is 18.1 Å². The van der Waals surface area contributed by atoms with E-state index in [1.807, 2.05) is 6.08 Å². The highest BCUT2D eigenvalue weighted by molar-refractivity contribution is 6.10. The van der Waals surface area contributed by atoms with Crippen molar-refractivity contribution in [1.82, 2.24) is 9.88 Å². The van der Waals surface area contributed by atoms with E-state index in [1.165, 1.54) is 12.3 Å². The standard InChI is InChI=1S/C20H19FN4O3/c21-18-5-1-3-14(9-22-18)15-6-7-19(23-10-15)24-20(28)11-25-8-2-4-16(12-26)17(25)13-27/h3,5-7,9-10,12-13H,1-2,4,8,11H2,(H,23,24,28). The number of aliphatic imine (C=N–C) groups is 1. The largest absolute Gasteiger partial charge is 0.359 e. The van der Waals surface area contributed by atoms with Gasteiger partial charge in [-0.25, -0.2) is 9.98 Å². The third-order valence-corrected chi connectivity index (χ3v) is 4.45. The molecule has 2 aliphatic heterocycles. The molecule has 3 rings (SSSR count). The molecule has 1 aromatic heterocycles. The Bertz CT molecular complexity index is 901. The number of allylic oxidation sites excluding steroid dienone is 5. The molecule has 0 saturated carbocycles. The molecular formula is C20H19FN4O3. The smallest absolute Gasteiger partial charge is 0.245 e. The van der Waals surface area contributed by atoms with Gasteiger partial charge in [0.1, 0.15) is 12.1 Å². The maximum Gasteiger partial charge on any atom is 0.245 e. The fourth-order valence-corrected chi connectivity index (χ4v) is 3.05. The zero-order chi connectivity index (χ0) is 19.9. The van der Waals surface area contributed by atoms with Gasteiger partial charge in [0.15, 0.2) is 6.29 Å². The molecule has 0 aromatic carbocycles. The van der Waals surface area contributed by atoms with Crippen LogP contribution in [-0.4, -0.2) is 47.7 Å². The van der Waals surface area contributed by atoms with Crippen LogP contribution in [0.1, 0.15) is 24.8 Å². The number of aldehydes is 2. The van der Waals surface area contributed by atoms with Crippen LogP contribution in [0.4, 0.5) is 10.2 Å². The third kappa shape index (κ3) is 4.64. The summed E-state index contributed by atoms with van der Waals surface area (Å²) >= 11 is 0. The summed E-state index contributed by atoms with van der Waals surface area (Å²) in [5.74, 6) is -0.510. The van der Waals surface area contributed by atoms with Crippen molar-refractivity contribution in [2.45, 2.75) is 19.3 Å². The van der Waals surface area contributed by atoms with E-state index >= 15 is 0 Å². The van der Waals surface area contributed by atoms with Crippen LogP contribution in [0.15, 0.2) is 52.7 Å². The SMILES string of the molecule is O=CC1=C(C=O)N(CC(=O)Nc2ccc(C3=CCC=C(F)N=C3)cn2)CCC1. The van der Waals surface area contributed by atoms with Crippen LogP contribution < -0.4 is 5.32 Å². The maximum absolute atomic E-state index is 13.2. The van der Waals surface area contributed by atoms with Crippen molar-refractivity contribution >= 4 is 36.1 Å². The topological polar surface area (TPSA) is 91.7 Å². The third-order valence-electron chi connectivity index (χ3n) is 4.45. The van der Waals surface area contributed by atoms with Crippen LogP contribution >= 0.6 is 0 Å². The first-order valence-electron chi connectivity index (χ1n) is 8.85. The van der Waals surface area contributed by atoms with Crippen molar-refractivity contribution in [1.29, 1.82) is 0 Å². The Labute approximate surface area is 161 Å². The summed E-state index contributed by atoms with van der Waals surface area (Å²) in [5, 5.41) is 2.67. The first-order chi connectivity index (χ1) is 13.6. The van der Waals surface area contributed by atoms with Crippen molar-refractivity contribution in [3.05, 3.63) is 53.3 Å². The molecule has 0 bridgehead atoms. The Morgan fingerprint density at radius 3 is 2.82 bits per heavy atom. The van der Waals surface area contributed by atoms with E-state index in [9.17, 15) is 18.8 Å². The van der Waals surface area contributed by atoms with Crippen molar-refractivity contribution in [2.75, 3.05) is 18.4 Å². The van der Waals surface area contributed by atoms with Crippen LogP contribution in [0.25, 0.3) is 5.57 Å². The van der Waals surface area contributed by atoms with Crippen LogP contribution in [0.5, 0.6) is 0 Å². The number of carbonyl (C=O) groups excluding carboxylic acids is 3. The van der Waals surface area contributed by atoms with Crippen LogP contribution in [-0.2, 0) is 14.4 Å². The summed E-state index contributed by atoms with van der Waals surface area (Å²) < 4.78 is 13.2. The zero-order valence-electron chi connectivity index (χ0n) is 15.1. The van der Waals surface area contributed by atoms with E-state index in [0.29, 0.717) is 49.8 Å². The molecule has 0 aliphatic carbocycles. The molecule has 0 radical (unpaired) electrons. The lowest BCUT2D eigenvalue weighted by Crippen LogP contribution is -2.37. The minimum atomic E-state index is -0.526. The molecule has 7 nitrogen and oxygen atoms in total. The van der Waals surface area contributed by atoms with E-state index in [4.69, 9.17) is 0 Å². The van der Waals surface area contributed by atoms with Crippen molar-refractivity contribution in [2.24, 2.45) is 4.99 Å². The second kappa shape index (κ2) is 8.98. The van der Waals surface area contributed by atoms with Gasteiger partial charge in [0.05, 0.1) is 12.2 Å². The Hall–Kier alpha value is -3.42. The number of halogens is 1. The minimum Gasteiger partial charge on any atom is -0.359 e. The Morgan fingerprint density at radius 1 is 1.25 bits per heavy atom. The predicted octanol–water partition coefficient (Wildman–Crippen LogP) is 2.44. The molecule has 144 valence electrons. The lowest BCUT2D eigenvalue weighted by atomic mass is 10.0. The average molecular weight is 382 g/mol. The number of nitrogens with zero attached hydrogens (tertiary/aromatic N) is 3. The first-order valence-corrected chi connectivity index (χ1v) is 8.85. The number of nitrogens with one attached hydrogen (secondary N) is 1. The summed E-state index contributed by atoms with van der Waals surface area (Å²) in [6.07, 6.45) is 9.18. The van der Waals surface area contributed by atoms with E-state index in [2.05, 4.69) is 15.3 Å². The second-order valence-electron chi connectivity index (χ2n) is 6.33. The van der Waals surface area contributed by atoms with Gasteiger partial charge in [-0.2, -0.15) is 4.39 Å². The molecule has 0 unspecified atom stereocenters. The molecule has 1 N–H and O–H groups in total. The van der Waals surface area contributed by atoms with Gasteiger partial charge in [-0.15, -0.1) is 0 Å². The van der Waals surface area contributed by atoms with Crippen LogP contribution in [0.3, 0.4) is 0 Å². The quantitative estimate of drug-likeness (QED) is 0.603. The first kappa shape index (κ1) is 19.3.